The third kappa shape index (κ3) is 4.27. The molecule has 1 saturated heterocycles. The van der Waals surface area contributed by atoms with Crippen molar-refractivity contribution in [2.45, 2.75) is 51.4 Å². The molecular weight excluding hydrogens is 432 g/mol. The molecule has 0 spiro atoms. The number of ether oxygens (including phenoxy) is 3. The first kappa shape index (κ1) is 22.8. The van der Waals surface area contributed by atoms with Crippen molar-refractivity contribution in [1.82, 2.24) is 9.55 Å². The highest BCUT2D eigenvalue weighted by Crippen LogP contribution is 2.56. The van der Waals surface area contributed by atoms with Crippen molar-refractivity contribution in [3.8, 4) is 0 Å². The normalized spacial score (nSPS) is 27.8. The molecule has 1 aromatic heterocycles. The lowest BCUT2D eigenvalue weighted by molar-refractivity contribution is -0.168. The summed E-state index contributed by atoms with van der Waals surface area (Å²) >= 11 is 0. The molecule has 2 unspecified atom stereocenters. The lowest BCUT2D eigenvalue weighted by atomic mass is 9.94. The summed E-state index contributed by atoms with van der Waals surface area (Å²) in [6, 6.07) is 20.1. The van der Waals surface area contributed by atoms with E-state index in [1.165, 1.54) is 4.57 Å². The highest BCUT2D eigenvalue weighted by molar-refractivity contribution is 5.16. The molecule has 1 saturated carbocycles. The number of aryl methyl sites for hydroxylation is 1. The van der Waals surface area contributed by atoms with E-state index < -0.39 is 17.5 Å². The molecule has 7 nitrogen and oxygen atoms in total. The summed E-state index contributed by atoms with van der Waals surface area (Å²) in [4.78, 5) is 27.1. The molecule has 2 heterocycles. The quantitative estimate of drug-likeness (QED) is 0.553. The Hall–Kier alpha value is -3.00. The van der Waals surface area contributed by atoms with Gasteiger partial charge in [0.15, 0.2) is 0 Å². The van der Waals surface area contributed by atoms with E-state index in [-0.39, 0.29) is 23.5 Å². The van der Waals surface area contributed by atoms with Gasteiger partial charge in [-0.25, -0.2) is 4.79 Å². The zero-order valence-corrected chi connectivity index (χ0v) is 19.5. The Bertz CT molecular complexity index is 1240. The van der Waals surface area contributed by atoms with Crippen molar-refractivity contribution in [3.63, 3.8) is 0 Å². The molecule has 178 valence electrons. The Balaban J connectivity index is 1.43. The van der Waals surface area contributed by atoms with Crippen molar-refractivity contribution in [2.24, 2.45) is 11.8 Å². The summed E-state index contributed by atoms with van der Waals surface area (Å²) in [7, 11) is 0. The molecule has 0 radical (unpaired) electrons. The average molecular weight is 463 g/mol. The summed E-state index contributed by atoms with van der Waals surface area (Å²) in [5.41, 5.74) is 1.11. The topological polar surface area (TPSA) is 82.6 Å². The molecule has 3 aromatic rings. The third-order valence-electron chi connectivity index (χ3n) is 7.03. The number of hydrogen-bond acceptors (Lipinski definition) is 5. The van der Waals surface area contributed by atoms with Crippen LogP contribution in [0.1, 0.15) is 36.3 Å². The summed E-state index contributed by atoms with van der Waals surface area (Å²) < 4.78 is 20.8. The molecule has 2 fully saturated rings. The van der Waals surface area contributed by atoms with Gasteiger partial charge in [0.25, 0.3) is 5.56 Å². The number of hydrogen-bond donors (Lipinski definition) is 1. The summed E-state index contributed by atoms with van der Waals surface area (Å²) in [5, 5.41) is 0. The van der Waals surface area contributed by atoms with Crippen LogP contribution >= 0.6 is 0 Å². The molecule has 2 aliphatic rings. The van der Waals surface area contributed by atoms with Crippen LogP contribution in [-0.2, 0) is 27.4 Å². The van der Waals surface area contributed by atoms with E-state index in [0.29, 0.717) is 25.4 Å². The summed E-state index contributed by atoms with van der Waals surface area (Å²) in [5.74, 6) is 0.200. The number of rotatable bonds is 8. The van der Waals surface area contributed by atoms with Gasteiger partial charge < -0.3 is 14.2 Å². The Morgan fingerprint density at radius 3 is 2.35 bits per heavy atom. The molecule has 1 aliphatic heterocycles. The lowest BCUT2D eigenvalue weighted by Crippen LogP contribution is -2.44. The Labute approximate surface area is 198 Å². The number of fused-ring (bicyclic) bond motifs is 2. The second kappa shape index (κ2) is 9.33. The molecule has 1 N–H and O–H groups in total. The molecular formula is C27H30N2O5. The first-order valence-electron chi connectivity index (χ1n) is 11.7. The predicted molar refractivity (Wildman–Crippen MR) is 127 cm³/mol. The minimum Gasteiger partial charge on any atom is -0.374 e. The van der Waals surface area contributed by atoms with E-state index >= 15 is 0 Å². The van der Waals surface area contributed by atoms with E-state index in [9.17, 15) is 9.59 Å². The van der Waals surface area contributed by atoms with E-state index in [4.69, 9.17) is 14.2 Å². The van der Waals surface area contributed by atoms with E-state index in [1.807, 2.05) is 60.7 Å². The predicted octanol–water partition coefficient (Wildman–Crippen LogP) is 3.57. The third-order valence-corrected chi connectivity index (χ3v) is 7.03. The zero-order chi connectivity index (χ0) is 23.7. The van der Waals surface area contributed by atoms with Gasteiger partial charge in [0.05, 0.1) is 25.9 Å². The Morgan fingerprint density at radius 2 is 1.68 bits per heavy atom. The van der Waals surface area contributed by atoms with E-state index in [0.717, 1.165) is 17.5 Å². The highest BCUT2D eigenvalue weighted by atomic mass is 16.6. The number of aromatic amines is 1. The minimum atomic E-state index is -0.679. The van der Waals surface area contributed by atoms with Crippen molar-refractivity contribution < 1.29 is 14.2 Å². The van der Waals surface area contributed by atoms with Gasteiger partial charge >= 0.3 is 5.69 Å². The second-order valence-corrected chi connectivity index (χ2v) is 9.51. The van der Waals surface area contributed by atoms with Crippen molar-refractivity contribution in [2.75, 3.05) is 6.61 Å². The molecule has 5 rings (SSSR count). The van der Waals surface area contributed by atoms with Gasteiger partial charge in [-0.3, -0.25) is 14.3 Å². The summed E-state index contributed by atoms with van der Waals surface area (Å²) in [6.45, 7) is 5.13. The number of nitrogens with zero attached hydrogens (tertiary/aromatic N) is 1. The van der Waals surface area contributed by atoms with Gasteiger partial charge in [-0.15, -0.1) is 0 Å². The maximum Gasteiger partial charge on any atom is 0.330 e. The number of nitrogens with one attached hydrogen (secondary N) is 1. The van der Waals surface area contributed by atoms with E-state index in [2.05, 4.69) is 11.9 Å². The standard InChI is InChI=1S/C27H30N2O5/c1-18-13-27(17-32-15-20-9-5-3-6-10-20)23(33-16-21-11-7-4-8-12-21)22(18)25(34-27)29-14-19(2)24(30)28-26(29)31/h3-12,14,18,22-23,25H,13,15-17H2,1-2H3,(H,28,30,31)/t18?,22?,23-,25-,27+/m1/s1. The van der Waals surface area contributed by atoms with Gasteiger partial charge in [0.1, 0.15) is 11.8 Å². The first-order valence-corrected chi connectivity index (χ1v) is 11.7. The fourth-order valence-corrected chi connectivity index (χ4v) is 5.44. The fraction of sp³-hybridized carbons (Fsp3) is 0.407. The average Bonchev–Trinajstić information content (AvgIpc) is 3.29. The Kier molecular flexibility index (Phi) is 6.25. The first-order chi connectivity index (χ1) is 16.5. The fourth-order valence-electron chi connectivity index (χ4n) is 5.44. The van der Waals surface area contributed by atoms with Crippen molar-refractivity contribution in [1.29, 1.82) is 0 Å². The smallest absolute Gasteiger partial charge is 0.330 e. The van der Waals surface area contributed by atoms with E-state index in [1.54, 1.807) is 13.1 Å². The zero-order valence-electron chi connectivity index (χ0n) is 19.5. The maximum atomic E-state index is 12.7. The van der Waals surface area contributed by atoms with Crippen LogP contribution < -0.4 is 11.2 Å². The van der Waals surface area contributed by atoms with Crippen molar-refractivity contribution >= 4 is 0 Å². The number of H-pyrrole nitrogens is 1. The SMILES string of the molecule is Cc1cn([C@@H]2O[C@]3(COCc4ccccc4)CC(C)C2[C@H]3OCc2ccccc2)c(=O)[nH]c1=O. The lowest BCUT2D eigenvalue weighted by Gasteiger charge is -2.34. The van der Waals surface area contributed by atoms with Gasteiger partial charge in [-0.2, -0.15) is 0 Å². The van der Waals surface area contributed by atoms with Gasteiger partial charge in [-0.1, -0.05) is 67.6 Å². The highest BCUT2D eigenvalue weighted by Gasteiger charge is 2.64. The Morgan fingerprint density at radius 1 is 1.03 bits per heavy atom. The van der Waals surface area contributed by atoms with Crippen LogP contribution in [0.25, 0.3) is 0 Å². The molecule has 2 aromatic carbocycles. The molecule has 0 amide bonds. The van der Waals surface area contributed by atoms with Crippen LogP contribution in [0, 0.1) is 18.8 Å². The van der Waals surface area contributed by atoms with Crippen LogP contribution in [-0.4, -0.2) is 27.9 Å². The number of aromatic nitrogens is 2. The van der Waals surface area contributed by atoms with Crippen LogP contribution in [0.15, 0.2) is 76.4 Å². The van der Waals surface area contributed by atoms with Crippen LogP contribution in [0.4, 0.5) is 0 Å². The van der Waals surface area contributed by atoms with Gasteiger partial charge in [0.2, 0.25) is 0 Å². The molecule has 5 atom stereocenters. The molecule has 1 aliphatic carbocycles. The monoisotopic (exact) mass is 462 g/mol. The second-order valence-electron chi connectivity index (χ2n) is 9.51. The van der Waals surface area contributed by atoms with Crippen LogP contribution in [0.2, 0.25) is 0 Å². The van der Waals surface area contributed by atoms with Crippen molar-refractivity contribution in [3.05, 3.63) is 104 Å². The van der Waals surface area contributed by atoms with Crippen LogP contribution in [0.3, 0.4) is 0 Å². The number of benzene rings is 2. The van der Waals surface area contributed by atoms with Crippen LogP contribution in [0.5, 0.6) is 0 Å². The summed E-state index contributed by atoms with van der Waals surface area (Å²) in [6.07, 6.45) is 1.58. The maximum absolute atomic E-state index is 12.7. The molecule has 34 heavy (non-hydrogen) atoms. The van der Waals surface area contributed by atoms with Gasteiger partial charge in [0, 0.05) is 17.7 Å². The largest absolute Gasteiger partial charge is 0.374 e. The minimum absolute atomic E-state index is 0.0490. The molecule has 7 heteroatoms. The molecule has 2 bridgehead atoms. The van der Waals surface area contributed by atoms with Gasteiger partial charge in [-0.05, 0) is 30.4 Å².